The zero-order chi connectivity index (χ0) is 11.1. The zero-order valence-corrected chi connectivity index (χ0v) is 9.95. The molecule has 3 rings (SSSR count). The van der Waals surface area contributed by atoms with Crippen molar-refractivity contribution in [2.24, 2.45) is 11.8 Å². The summed E-state index contributed by atoms with van der Waals surface area (Å²) in [6.45, 7) is 2.23. The molecule has 0 radical (unpaired) electrons. The molecule has 0 amide bonds. The van der Waals surface area contributed by atoms with Crippen molar-refractivity contribution in [1.82, 2.24) is 0 Å². The smallest absolute Gasteiger partial charge is 0.144 e. The first kappa shape index (κ1) is 10.5. The standard InChI is InChI=1S/C14H20O2/c1-2-3-4-5-9-8-12-10-6-7-11(13(10)15)14(9)16-12/h8,10-12,14H,2-7H2,1H3. The average Bonchev–Trinajstić information content (AvgIpc) is 2.72. The third-order valence-electron chi connectivity index (χ3n) is 4.40. The molecule has 2 nitrogen and oxygen atoms in total. The van der Waals surface area contributed by atoms with Gasteiger partial charge in [-0.25, -0.2) is 0 Å². The minimum absolute atomic E-state index is 0.132. The van der Waals surface area contributed by atoms with Crippen LogP contribution in [0.4, 0.5) is 0 Å². The topological polar surface area (TPSA) is 26.3 Å². The summed E-state index contributed by atoms with van der Waals surface area (Å²) in [6.07, 6.45) is 9.62. The van der Waals surface area contributed by atoms with Crippen LogP contribution >= 0.6 is 0 Å². The van der Waals surface area contributed by atoms with E-state index in [2.05, 4.69) is 13.0 Å². The van der Waals surface area contributed by atoms with Gasteiger partial charge in [-0.3, -0.25) is 4.79 Å². The molecule has 1 aliphatic carbocycles. The number of rotatable bonds is 4. The number of carbonyl (C=O) groups is 1. The SMILES string of the molecule is CCCCCC1=CC2OC1C1CCC2C1=O. The number of hydrogen-bond acceptors (Lipinski definition) is 2. The van der Waals surface area contributed by atoms with Crippen LogP contribution in [0.5, 0.6) is 0 Å². The normalized spacial score (nSPS) is 40.3. The second-order valence-electron chi connectivity index (χ2n) is 5.41. The fourth-order valence-electron chi connectivity index (χ4n) is 3.52. The first-order valence-electron chi connectivity index (χ1n) is 6.71. The summed E-state index contributed by atoms with van der Waals surface area (Å²) >= 11 is 0. The van der Waals surface area contributed by atoms with Gasteiger partial charge in [0, 0.05) is 11.8 Å². The quantitative estimate of drug-likeness (QED) is 0.538. The Morgan fingerprint density at radius 1 is 1.31 bits per heavy atom. The van der Waals surface area contributed by atoms with E-state index in [1.807, 2.05) is 0 Å². The van der Waals surface area contributed by atoms with Crippen molar-refractivity contribution in [1.29, 1.82) is 0 Å². The molecule has 2 heteroatoms. The lowest BCUT2D eigenvalue weighted by atomic mass is 9.91. The van der Waals surface area contributed by atoms with E-state index in [0.717, 1.165) is 19.3 Å². The third-order valence-corrected chi connectivity index (χ3v) is 4.40. The van der Waals surface area contributed by atoms with Crippen molar-refractivity contribution in [2.45, 2.75) is 57.7 Å². The fraction of sp³-hybridized carbons (Fsp3) is 0.786. The van der Waals surface area contributed by atoms with Crippen molar-refractivity contribution >= 4 is 5.78 Å². The summed E-state index contributed by atoms with van der Waals surface area (Å²) in [7, 11) is 0. The van der Waals surface area contributed by atoms with Crippen LogP contribution in [0.2, 0.25) is 0 Å². The highest BCUT2D eigenvalue weighted by molar-refractivity contribution is 5.88. The van der Waals surface area contributed by atoms with Gasteiger partial charge in [0.25, 0.3) is 0 Å². The van der Waals surface area contributed by atoms with E-state index in [9.17, 15) is 4.79 Å². The Morgan fingerprint density at radius 3 is 2.94 bits per heavy atom. The maximum Gasteiger partial charge on any atom is 0.144 e. The number of ether oxygens (including phenoxy) is 1. The van der Waals surface area contributed by atoms with Gasteiger partial charge >= 0.3 is 0 Å². The maximum atomic E-state index is 12.0. The van der Waals surface area contributed by atoms with E-state index in [4.69, 9.17) is 4.74 Å². The van der Waals surface area contributed by atoms with E-state index in [-0.39, 0.29) is 24.0 Å². The summed E-state index contributed by atoms with van der Waals surface area (Å²) in [6, 6.07) is 0. The van der Waals surface area contributed by atoms with Gasteiger partial charge in [-0.15, -0.1) is 0 Å². The first-order chi connectivity index (χ1) is 7.81. The molecular weight excluding hydrogens is 200 g/mol. The Bertz CT molecular complexity index is 332. The number of fused-ring (bicyclic) bond motifs is 6. The van der Waals surface area contributed by atoms with Crippen molar-refractivity contribution < 1.29 is 9.53 Å². The number of ketones is 1. The molecule has 3 aliphatic rings. The van der Waals surface area contributed by atoms with E-state index in [0.29, 0.717) is 5.78 Å². The molecule has 2 aliphatic heterocycles. The molecule has 0 spiro atoms. The van der Waals surface area contributed by atoms with Gasteiger partial charge in [0.05, 0.1) is 12.2 Å². The highest BCUT2D eigenvalue weighted by atomic mass is 16.5. The molecule has 1 saturated heterocycles. The molecule has 2 fully saturated rings. The first-order valence-corrected chi connectivity index (χ1v) is 6.71. The molecule has 0 aromatic rings. The van der Waals surface area contributed by atoms with Crippen LogP contribution in [0, 0.1) is 11.8 Å². The largest absolute Gasteiger partial charge is 0.365 e. The van der Waals surface area contributed by atoms with Crippen LogP contribution in [0.1, 0.15) is 45.4 Å². The van der Waals surface area contributed by atoms with E-state index >= 15 is 0 Å². The Labute approximate surface area is 97.1 Å². The highest BCUT2D eigenvalue weighted by Gasteiger charge is 2.52. The van der Waals surface area contributed by atoms with Gasteiger partial charge in [0.2, 0.25) is 0 Å². The van der Waals surface area contributed by atoms with Crippen LogP contribution in [0.3, 0.4) is 0 Å². The highest BCUT2D eigenvalue weighted by Crippen LogP contribution is 2.47. The number of hydrogen-bond donors (Lipinski definition) is 0. The molecule has 16 heavy (non-hydrogen) atoms. The Kier molecular flexibility index (Phi) is 2.62. The molecule has 4 bridgehead atoms. The van der Waals surface area contributed by atoms with Crippen molar-refractivity contribution in [2.75, 3.05) is 0 Å². The van der Waals surface area contributed by atoms with E-state index in [1.54, 1.807) is 0 Å². The fourth-order valence-corrected chi connectivity index (χ4v) is 3.52. The Morgan fingerprint density at radius 2 is 2.12 bits per heavy atom. The molecule has 0 aromatic carbocycles. The lowest BCUT2D eigenvalue weighted by molar-refractivity contribution is -0.139. The van der Waals surface area contributed by atoms with Crippen LogP contribution in [0.15, 0.2) is 11.6 Å². The molecule has 1 saturated carbocycles. The lowest BCUT2D eigenvalue weighted by Gasteiger charge is -2.27. The predicted molar refractivity (Wildman–Crippen MR) is 62.1 cm³/mol. The minimum Gasteiger partial charge on any atom is -0.365 e. The van der Waals surface area contributed by atoms with Crippen molar-refractivity contribution in [3.8, 4) is 0 Å². The summed E-state index contributed by atoms with van der Waals surface area (Å²) in [5.74, 6) is 0.893. The second kappa shape index (κ2) is 3.99. The minimum atomic E-state index is 0.132. The Balaban J connectivity index is 1.72. The van der Waals surface area contributed by atoms with Gasteiger partial charge in [0.1, 0.15) is 5.78 Å². The van der Waals surface area contributed by atoms with Crippen LogP contribution in [-0.2, 0) is 9.53 Å². The monoisotopic (exact) mass is 220 g/mol. The van der Waals surface area contributed by atoms with Gasteiger partial charge in [0.15, 0.2) is 0 Å². The average molecular weight is 220 g/mol. The van der Waals surface area contributed by atoms with Gasteiger partial charge < -0.3 is 4.74 Å². The lowest BCUT2D eigenvalue weighted by Crippen LogP contribution is -2.38. The molecular formula is C14H20O2. The molecule has 0 aromatic heterocycles. The molecule has 4 atom stereocenters. The van der Waals surface area contributed by atoms with Gasteiger partial charge in [-0.05, 0) is 31.3 Å². The molecule has 0 N–H and O–H groups in total. The maximum absolute atomic E-state index is 12.0. The third kappa shape index (κ3) is 1.46. The second-order valence-corrected chi connectivity index (χ2v) is 5.41. The van der Waals surface area contributed by atoms with E-state index in [1.165, 1.54) is 24.8 Å². The van der Waals surface area contributed by atoms with Gasteiger partial charge in [-0.1, -0.05) is 25.8 Å². The van der Waals surface area contributed by atoms with Crippen LogP contribution in [0.25, 0.3) is 0 Å². The Hall–Kier alpha value is -0.630. The summed E-state index contributed by atoms with van der Waals surface area (Å²) in [5, 5.41) is 0. The van der Waals surface area contributed by atoms with E-state index < -0.39 is 0 Å². The predicted octanol–water partition coefficient (Wildman–Crippen LogP) is 2.87. The summed E-state index contributed by atoms with van der Waals surface area (Å²) < 4.78 is 5.98. The zero-order valence-electron chi connectivity index (χ0n) is 9.95. The molecule has 4 unspecified atom stereocenters. The van der Waals surface area contributed by atoms with Gasteiger partial charge in [-0.2, -0.15) is 0 Å². The molecule has 88 valence electrons. The van der Waals surface area contributed by atoms with Crippen LogP contribution < -0.4 is 0 Å². The van der Waals surface area contributed by atoms with Crippen molar-refractivity contribution in [3.63, 3.8) is 0 Å². The number of carbonyl (C=O) groups excluding carboxylic acids is 1. The van der Waals surface area contributed by atoms with Crippen molar-refractivity contribution in [3.05, 3.63) is 11.6 Å². The van der Waals surface area contributed by atoms with Crippen LogP contribution in [-0.4, -0.2) is 18.0 Å². The summed E-state index contributed by atoms with van der Waals surface area (Å²) in [5.41, 5.74) is 1.43. The number of Topliss-reactive ketones (excluding diaryl/α,β-unsaturated/α-hetero) is 1. The molecule has 2 heterocycles. The summed E-state index contributed by atoms with van der Waals surface area (Å²) in [4.78, 5) is 12.0. The number of unbranched alkanes of at least 4 members (excludes halogenated alkanes) is 2.